The summed E-state index contributed by atoms with van der Waals surface area (Å²) in [5, 5.41) is 1.03. The maximum Gasteiger partial charge on any atom is 0.337 e. The minimum absolute atomic E-state index is 0.354. The van der Waals surface area contributed by atoms with Gasteiger partial charge in [-0.2, -0.15) is 0 Å². The van der Waals surface area contributed by atoms with Crippen LogP contribution in [0.25, 0.3) is 11.0 Å². The Morgan fingerprint density at radius 1 is 1.15 bits per heavy atom. The summed E-state index contributed by atoms with van der Waals surface area (Å²) in [4.78, 5) is 11.5. The lowest BCUT2D eigenvalue weighted by Crippen LogP contribution is -2.00. The lowest BCUT2D eigenvalue weighted by atomic mass is 10.0. The molecule has 1 heterocycles. The molecule has 0 saturated carbocycles. The van der Waals surface area contributed by atoms with Crippen molar-refractivity contribution in [2.45, 2.75) is 6.42 Å². The zero-order valence-electron chi connectivity index (χ0n) is 11.1. The second-order valence-corrected chi connectivity index (χ2v) is 4.63. The molecular formula is C17H14O3. The minimum Gasteiger partial charge on any atom is -0.465 e. The van der Waals surface area contributed by atoms with E-state index in [2.05, 4.69) is 12.1 Å². The number of carbonyl (C=O) groups excluding carboxylic acids is 1. The van der Waals surface area contributed by atoms with E-state index in [1.807, 2.05) is 24.3 Å². The molecule has 0 spiro atoms. The van der Waals surface area contributed by atoms with Gasteiger partial charge in [-0.25, -0.2) is 4.79 Å². The van der Waals surface area contributed by atoms with E-state index in [0.29, 0.717) is 11.1 Å². The Hall–Kier alpha value is -2.55. The van der Waals surface area contributed by atoms with Crippen LogP contribution in [0.1, 0.15) is 21.5 Å². The van der Waals surface area contributed by atoms with Gasteiger partial charge in [-0.05, 0) is 23.8 Å². The number of esters is 1. The van der Waals surface area contributed by atoms with Gasteiger partial charge in [0, 0.05) is 17.4 Å². The quantitative estimate of drug-likeness (QED) is 0.677. The van der Waals surface area contributed by atoms with Crippen LogP contribution in [0.4, 0.5) is 0 Å². The highest BCUT2D eigenvalue weighted by atomic mass is 16.5. The van der Waals surface area contributed by atoms with Crippen LogP contribution < -0.4 is 0 Å². The van der Waals surface area contributed by atoms with Crippen molar-refractivity contribution >= 4 is 16.9 Å². The van der Waals surface area contributed by atoms with E-state index in [4.69, 9.17) is 9.15 Å². The molecule has 0 bridgehead atoms. The van der Waals surface area contributed by atoms with Crippen molar-refractivity contribution in [3.8, 4) is 0 Å². The number of carbonyl (C=O) groups is 1. The van der Waals surface area contributed by atoms with Crippen LogP contribution in [0.5, 0.6) is 0 Å². The Balaban J connectivity index is 1.96. The molecule has 0 atom stereocenters. The summed E-state index contributed by atoms with van der Waals surface area (Å²) in [7, 11) is 1.37. The molecule has 0 aliphatic heterocycles. The highest BCUT2D eigenvalue weighted by Crippen LogP contribution is 2.25. The molecule has 0 aliphatic carbocycles. The predicted octanol–water partition coefficient (Wildman–Crippen LogP) is 3.81. The Morgan fingerprint density at radius 2 is 1.95 bits per heavy atom. The molecule has 2 aromatic carbocycles. The SMILES string of the molecule is COC(=O)c1ccc2c(Cc3ccccc3)coc2c1. The molecule has 20 heavy (non-hydrogen) atoms. The van der Waals surface area contributed by atoms with E-state index in [9.17, 15) is 4.79 Å². The van der Waals surface area contributed by atoms with Crippen LogP contribution >= 0.6 is 0 Å². The monoisotopic (exact) mass is 266 g/mol. The molecule has 0 unspecified atom stereocenters. The average Bonchev–Trinajstić information content (AvgIpc) is 2.90. The van der Waals surface area contributed by atoms with Gasteiger partial charge in [0.25, 0.3) is 0 Å². The lowest BCUT2D eigenvalue weighted by Gasteiger charge is -2.00. The van der Waals surface area contributed by atoms with Crippen molar-refractivity contribution < 1.29 is 13.9 Å². The molecule has 0 fully saturated rings. The maximum atomic E-state index is 11.5. The van der Waals surface area contributed by atoms with Crippen molar-refractivity contribution in [3.05, 3.63) is 71.5 Å². The minimum atomic E-state index is -0.354. The van der Waals surface area contributed by atoms with Crippen molar-refractivity contribution in [2.75, 3.05) is 7.11 Å². The fourth-order valence-corrected chi connectivity index (χ4v) is 2.28. The second kappa shape index (κ2) is 5.21. The molecule has 0 radical (unpaired) electrons. The summed E-state index contributed by atoms with van der Waals surface area (Å²) in [6.45, 7) is 0. The molecule has 0 saturated heterocycles. The smallest absolute Gasteiger partial charge is 0.337 e. The van der Waals surface area contributed by atoms with Gasteiger partial charge in [-0.3, -0.25) is 0 Å². The Morgan fingerprint density at radius 3 is 2.70 bits per heavy atom. The van der Waals surface area contributed by atoms with Crippen LogP contribution in [0.15, 0.2) is 59.2 Å². The van der Waals surface area contributed by atoms with Gasteiger partial charge in [0.2, 0.25) is 0 Å². The predicted molar refractivity (Wildman–Crippen MR) is 76.8 cm³/mol. The first-order valence-electron chi connectivity index (χ1n) is 6.40. The Bertz CT molecular complexity index is 741. The van der Waals surface area contributed by atoms with E-state index < -0.39 is 0 Å². The van der Waals surface area contributed by atoms with Crippen LogP contribution in [0.3, 0.4) is 0 Å². The highest BCUT2D eigenvalue weighted by molar-refractivity contribution is 5.94. The van der Waals surface area contributed by atoms with E-state index >= 15 is 0 Å². The van der Waals surface area contributed by atoms with Gasteiger partial charge in [0.1, 0.15) is 5.58 Å². The van der Waals surface area contributed by atoms with Gasteiger partial charge < -0.3 is 9.15 Å². The molecule has 3 rings (SSSR count). The standard InChI is InChI=1S/C17H14O3/c1-19-17(18)13-7-8-15-14(11-20-16(15)10-13)9-12-5-3-2-4-6-12/h2-8,10-11H,9H2,1H3. The Kier molecular flexibility index (Phi) is 3.25. The summed E-state index contributed by atoms with van der Waals surface area (Å²) in [5.41, 5.74) is 3.55. The molecule has 0 amide bonds. The number of methoxy groups -OCH3 is 1. The highest BCUT2D eigenvalue weighted by Gasteiger charge is 2.11. The Labute approximate surface area is 116 Å². The van der Waals surface area contributed by atoms with Crippen LogP contribution in [0.2, 0.25) is 0 Å². The van der Waals surface area contributed by atoms with Crippen LogP contribution in [-0.2, 0) is 11.2 Å². The van der Waals surface area contributed by atoms with Gasteiger partial charge in [0.05, 0.1) is 18.9 Å². The zero-order valence-corrected chi connectivity index (χ0v) is 11.1. The summed E-state index contributed by atoms with van der Waals surface area (Å²) >= 11 is 0. The van der Waals surface area contributed by atoms with Gasteiger partial charge in [-0.1, -0.05) is 30.3 Å². The van der Waals surface area contributed by atoms with Gasteiger partial charge in [-0.15, -0.1) is 0 Å². The lowest BCUT2D eigenvalue weighted by molar-refractivity contribution is 0.0601. The molecule has 1 aromatic heterocycles. The number of rotatable bonds is 3. The normalized spacial score (nSPS) is 10.7. The molecule has 0 aliphatic rings. The molecule has 0 N–H and O–H groups in total. The average molecular weight is 266 g/mol. The second-order valence-electron chi connectivity index (χ2n) is 4.63. The number of ether oxygens (including phenoxy) is 1. The summed E-state index contributed by atoms with van der Waals surface area (Å²) in [6.07, 6.45) is 2.56. The van der Waals surface area contributed by atoms with E-state index in [1.165, 1.54) is 12.7 Å². The van der Waals surface area contributed by atoms with Gasteiger partial charge >= 0.3 is 5.97 Å². The zero-order chi connectivity index (χ0) is 13.9. The van der Waals surface area contributed by atoms with Crippen LogP contribution in [-0.4, -0.2) is 13.1 Å². The van der Waals surface area contributed by atoms with E-state index in [0.717, 1.165) is 17.4 Å². The largest absolute Gasteiger partial charge is 0.465 e. The third-order valence-corrected chi connectivity index (χ3v) is 3.31. The van der Waals surface area contributed by atoms with Crippen molar-refractivity contribution in [1.82, 2.24) is 0 Å². The summed E-state index contributed by atoms with van der Waals surface area (Å²) < 4.78 is 10.3. The third-order valence-electron chi connectivity index (χ3n) is 3.31. The number of fused-ring (bicyclic) bond motifs is 1. The molecule has 100 valence electrons. The molecule has 3 aromatic rings. The topological polar surface area (TPSA) is 39.4 Å². The molecular weight excluding hydrogens is 252 g/mol. The number of hydrogen-bond donors (Lipinski definition) is 0. The first-order chi connectivity index (χ1) is 9.78. The fourth-order valence-electron chi connectivity index (χ4n) is 2.28. The molecule has 3 nitrogen and oxygen atoms in total. The summed E-state index contributed by atoms with van der Waals surface area (Å²) in [6, 6.07) is 15.6. The van der Waals surface area contributed by atoms with Crippen LogP contribution in [0, 0.1) is 0 Å². The first kappa shape index (κ1) is 12.5. The number of hydrogen-bond acceptors (Lipinski definition) is 3. The third kappa shape index (κ3) is 2.30. The summed E-state index contributed by atoms with van der Waals surface area (Å²) in [5.74, 6) is -0.354. The van der Waals surface area contributed by atoms with E-state index in [-0.39, 0.29) is 5.97 Å². The maximum absolute atomic E-state index is 11.5. The van der Waals surface area contributed by atoms with Crippen molar-refractivity contribution in [1.29, 1.82) is 0 Å². The first-order valence-corrected chi connectivity index (χ1v) is 6.40. The van der Waals surface area contributed by atoms with E-state index in [1.54, 1.807) is 18.4 Å². The fraction of sp³-hybridized carbons (Fsp3) is 0.118. The van der Waals surface area contributed by atoms with Crippen molar-refractivity contribution in [2.24, 2.45) is 0 Å². The number of benzene rings is 2. The number of furan rings is 1. The van der Waals surface area contributed by atoms with Crippen molar-refractivity contribution in [3.63, 3.8) is 0 Å². The van der Waals surface area contributed by atoms with Gasteiger partial charge in [0.15, 0.2) is 0 Å². The molecule has 3 heteroatoms.